The zero-order valence-electron chi connectivity index (χ0n) is 12.9. The van der Waals surface area contributed by atoms with Gasteiger partial charge < -0.3 is 5.73 Å². The number of hydrogen-bond donors (Lipinski definition) is 1. The van der Waals surface area contributed by atoms with E-state index in [4.69, 9.17) is 5.73 Å². The van der Waals surface area contributed by atoms with Gasteiger partial charge in [-0.2, -0.15) is 0 Å². The van der Waals surface area contributed by atoms with Crippen LogP contribution in [0, 0.1) is 0 Å². The van der Waals surface area contributed by atoms with Gasteiger partial charge >= 0.3 is 0 Å². The molecule has 0 aliphatic heterocycles. The number of hydrogen-bond acceptors (Lipinski definition) is 1. The van der Waals surface area contributed by atoms with E-state index in [1.165, 1.54) is 32.5 Å². The van der Waals surface area contributed by atoms with Crippen molar-refractivity contribution in [2.75, 3.05) is 5.73 Å². The summed E-state index contributed by atoms with van der Waals surface area (Å²) >= 11 is 0. The third-order valence-electron chi connectivity index (χ3n) is 4.57. The molecule has 4 aromatic rings. The van der Waals surface area contributed by atoms with Crippen LogP contribution in [0.5, 0.6) is 0 Å². The SMILES string of the molecule is CC(C)c1c2ccccc2c(N)c2ccc3ccccc3c12. The first-order chi connectivity index (χ1) is 10.7. The van der Waals surface area contributed by atoms with Crippen molar-refractivity contribution < 1.29 is 0 Å². The smallest absolute Gasteiger partial charge is 0.0473 e. The average Bonchev–Trinajstić information content (AvgIpc) is 2.54. The molecule has 1 nitrogen and oxygen atoms in total. The summed E-state index contributed by atoms with van der Waals surface area (Å²) in [5.74, 6) is 0.443. The minimum Gasteiger partial charge on any atom is -0.398 e. The maximum Gasteiger partial charge on any atom is 0.0473 e. The highest BCUT2D eigenvalue weighted by atomic mass is 14.6. The Kier molecular flexibility index (Phi) is 2.83. The summed E-state index contributed by atoms with van der Waals surface area (Å²) in [5.41, 5.74) is 8.80. The van der Waals surface area contributed by atoms with Gasteiger partial charge in [0.2, 0.25) is 0 Å². The van der Waals surface area contributed by atoms with E-state index in [2.05, 4.69) is 74.5 Å². The fourth-order valence-corrected chi connectivity index (χ4v) is 3.62. The molecule has 0 aromatic heterocycles. The number of nitrogen functional groups attached to an aromatic ring is 1. The zero-order chi connectivity index (χ0) is 15.3. The molecule has 0 spiro atoms. The maximum atomic E-state index is 6.51. The molecule has 0 fully saturated rings. The molecule has 0 aliphatic rings. The Morgan fingerprint density at radius 3 is 2.05 bits per heavy atom. The van der Waals surface area contributed by atoms with Crippen LogP contribution in [0.4, 0.5) is 5.69 Å². The highest BCUT2D eigenvalue weighted by molar-refractivity contribution is 6.21. The van der Waals surface area contributed by atoms with E-state index in [1.807, 2.05) is 0 Å². The summed E-state index contributed by atoms with van der Waals surface area (Å²) in [5, 5.41) is 7.48. The molecule has 108 valence electrons. The summed E-state index contributed by atoms with van der Waals surface area (Å²) in [6.07, 6.45) is 0. The van der Waals surface area contributed by atoms with Crippen LogP contribution in [-0.2, 0) is 0 Å². The lowest BCUT2D eigenvalue weighted by Gasteiger charge is -2.18. The van der Waals surface area contributed by atoms with Crippen LogP contribution < -0.4 is 5.73 Å². The van der Waals surface area contributed by atoms with E-state index >= 15 is 0 Å². The van der Waals surface area contributed by atoms with E-state index in [0.717, 1.165) is 11.1 Å². The Hall–Kier alpha value is -2.54. The predicted molar refractivity (Wildman–Crippen MR) is 97.5 cm³/mol. The third kappa shape index (κ3) is 1.72. The van der Waals surface area contributed by atoms with Crippen molar-refractivity contribution in [1.82, 2.24) is 0 Å². The van der Waals surface area contributed by atoms with Crippen LogP contribution in [0.25, 0.3) is 32.3 Å². The first kappa shape index (κ1) is 13.1. The minimum atomic E-state index is 0.443. The third-order valence-corrected chi connectivity index (χ3v) is 4.57. The molecule has 1 heteroatoms. The van der Waals surface area contributed by atoms with Gasteiger partial charge in [0.15, 0.2) is 0 Å². The Labute approximate surface area is 130 Å². The van der Waals surface area contributed by atoms with Gasteiger partial charge in [-0.25, -0.2) is 0 Å². The molecule has 22 heavy (non-hydrogen) atoms. The zero-order valence-corrected chi connectivity index (χ0v) is 12.9. The van der Waals surface area contributed by atoms with Crippen molar-refractivity contribution >= 4 is 38.0 Å². The second kappa shape index (κ2) is 4.74. The molecule has 0 atom stereocenters. The Morgan fingerprint density at radius 2 is 1.32 bits per heavy atom. The first-order valence-electron chi connectivity index (χ1n) is 7.80. The molecule has 0 saturated carbocycles. The predicted octanol–water partition coefficient (Wildman–Crippen LogP) is 5.85. The molecule has 4 rings (SSSR count). The molecule has 0 heterocycles. The van der Waals surface area contributed by atoms with E-state index in [-0.39, 0.29) is 0 Å². The molecule has 0 bridgehead atoms. The fourth-order valence-electron chi connectivity index (χ4n) is 3.62. The van der Waals surface area contributed by atoms with Gasteiger partial charge in [0, 0.05) is 16.5 Å². The van der Waals surface area contributed by atoms with Gasteiger partial charge in [0.05, 0.1) is 0 Å². The summed E-state index contributed by atoms with van der Waals surface area (Å²) in [6, 6.07) is 21.4. The van der Waals surface area contributed by atoms with Crippen molar-refractivity contribution in [3.05, 3.63) is 66.2 Å². The Balaban J connectivity index is 2.38. The van der Waals surface area contributed by atoms with E-state index in [1.54, 1.807) is 0 Å². The van der Waals surface area contributed by atoms with Crippen LogP contribution in [0.1, 0.15) is 25.3 Å². The minimum absolute atomic E-state index is 0.443. The maximum absolute atomic E-state index is 6.51. The standard InChI is InChI=1S/C21H19N/c1-13(2)19-16-9-5-6-10-17(16)21(22)18-12-11-14-7-3-4-8-15(14)20(18)19/h3-13H,22H2,1-2H3. The molecule has 0 unspecified atom stereocenters. The number of anilines is 1. The van der Waals surface area contributed by atoms with Crippen molar-refractivity contribution in [3.63, 3.8) is 0 Å². The summed E-state index contributed by atoms with van der Waals surface area (Å²) in [4.78, 5) is 0. The normalized spacial score (nSPS) is 11.8. The summed E-state index contributed by atoms with van der Waals surface area (Å²) < 4.78 is 0. The van der Waals surface area contributed by atoms with Gasteiger partial charge in [-0.1, -0.05) is 74.5 Å². The molecule has 0 radical (unpaired) electrons. The summed E-state index contributed by atoms with van der Waals surface area (Å²) in [7, 11) is 0. The lowest BCUT2D eigenvalue weighted by molar-refractivity contribution is 0.886. The highest BCUT2D eigenvalue weighted by Crippen LogP contribution is 2.41. The number of rotatable bonds is 1. The van der Waals surface area contributed by atoms with E-state index in [9.17, 15) is 0 Å². The molecule has 2 N–H and O–H groups in total. The highest BCUT2D eigenvalue weighted by Gasteiger charge is 2.16. The Bertz CT molecular complexity index is 1010. The van der Waals surface area contributed by atoms with Crippen LogP contribution in [0.2, 0.25) is 0 Å². The molecular weight excluding hydrogens is 266 g/mol. The number of benzene rings is 4. The quantitative estimate of drug-likeness (QED) is 0.265. The lowest BCUT2D eigenvalue weighted by Crippen LogP contribution is -1.98. The van der Waals surface area contributed by atoms with Crippen molar-refractivity contribution in [1.29, 1.82) is 0 Å². The molecule has 0 saturated heterocycles. The average molecular weight is 285 g/mol. The van der Waals surface area contributed by atoms with Gasteiger partial charge in [-0.3, -0.25) is 0 Å². The van der Waals surface area contributed by atoms with Crippen molar-refractivity contribution in [3.8, 4) is 0 Å². The van der Waals surface area contributed by atoms with Gasteiger partial charge in [0.25, 0.3) is 0 Å². The second-order valence-electron chi connectivity index (χ2n) is 6.24. The van der Waals surface area contributed by atoms with Gasteiger partial charge in [0.1, 0.15) is 0 Å². The van der Waals surface area contributed by atoms with Crippen LogP contribution >= 0.6 is 0 Å². The Morgan fingerprint density at radius 1 is 0.682 bits per heavy atom. The van der Waals surface area contributed by atoms with E-state index < -0.39 is 0 Å². The first-order valence-corrected chi connectivity index (χ1v) is 7.80. The van der Waals surface area contributed by atoms with Crippen molar-refractivity contribution in [2.45, 2.75) is 19.8 Å². The van der Waals surface area contributed by atoms with Crippen molar-refractivity contribution in [2.24, 2.45) is 0 Å². The van der Waals surface area contributed by atoms with Gasteiger partial charge in [-0.05, 0) is 33.0 Å². The lowest BCUT2D eigenvalue weighted by atomic mass is 9.86. The van der Waals surface area contributed by atoms with Crippen LogP contribution in [0.15, 0.2) is 60.7 Å². The molecular formula is C21H19N. The number of nitrogens with two attached hydrogens (primary N) is 1. The second-order valence-corrected chi connectivity index (χ2v) is 6.24. The van der Waals surface area contributed by atoms with E-state index in [0.29, 0.717) is 5.92 Å². The largest absolute Gasteiger partial charge is 0.398 e. The number of fused-ring (bicyclic) bond motifs is 4. The molecule has 4 aromatic carbocycles. The topological polar surface area (TPSA) is 26.0 Å². The summed E-state index contributed by atoms with van der Waals surface area (Å²) in [6.45, 7) is 4.53. The monoisotopic (exact) mass is 285 g/mol. The fraction of sp³-hybridized carbons (Fsp3) is 0.143. The van der Waals surface area contributed by atoms with Gasteiger partial charge in [-0.15, -0.1) is 0 Å². The molecule has 0 aliphatic carbocycles. The van der Waals surface area contributed by atoms with Crippen LogP contribution in [0.3, 0.4) is 0 Å². The molecule has 0 amide bonds. The van der Waals surface area contributed by atoms with Crippen LogP contribution in [-0.4, -0.2) is 0 Å².